The van der Waals surface area contributed by atoms with Gasteiger partial charge in [0.15, 0.2) is 6.61 Å². The summed E-state index contributed by atoms with van der Waals surface area (Å²) in [6.07, 6.45) is 3.83. The zero-order valence-electron chi connectivity index (χ0n) is 16.9. The average molecular weight is 411 g/mol. The predicted octanol–water partition coefficient (Wildman–Crippen LogP) is 3.22. The van der Waals surface area contributed by atoms with Crippen LogP contribution >= 0.6 is 0 Å². The monoisotopic (exact) mass is 411 g/mol. The van der Waals surface area contributed by atoms with Crippen molar-refractivity contribution in [3.05, 3.63) is 53.8 Å². The first-order chi connectivity index (χ1) is 14.6. The molecule has 0 unspecified atom stereocenters. The van der Waals surface area contributed by atoms with Gasteiger partial charge in [-0.3, -0.25) is 9.59 Å². The number of hydrogen-bond donors (Lipinski definition) is 1. The molecule has 0 aliphatic carbocycles. The average Bonchev–Trinajstić information content (AvgIpc) is 2.75. The summed E-state index contributed by atoms with van der Waals surface area (Å²) in [5.41, 5.74) is 2.01. The second-order valence-corrected chi connectivity index (χ2v) is 7.77. The maximum atomic E-state index is 13.0. The molecule has 7 heteroatoms. The molecule has 1 saturated heterocycles. The third-order valence-corrected chi connectivity index (χ3v) is 5.55. The highest BCUT2D eigenvalue weighted by Gasteiger charge is 2.26. The van der Waals surface area contributed by atoms with E-state index in [4.69, 9.17) is 4.74 Å². The van der Waals surface area contributed by atoms with E-state index >= 15 is 0 Å². The number of likely N-dealkylation sites (tertiary alicyclic amines) is 1. The van der Waals surface area contributed by atoms with Gasteiger partial charge in [-0.2, -0.15) is 0 Å². The smallest absolute Gasteiger partial charge is 0.265 e. The van der Waals surface area contributed by atoms with Crippen molar-refractivity contribution in [3.63, 3.8) is 0 Å². The summed E-state index contributed by atoms with van der Waals surface area (Å²) in [5.74, 6) is 0.0340. The second kappa shape index (κ2) is 9.26. The first-order valence-electron chi connectivity index (χ1n) is 10.4. The van der Waals surface area contributed by atoms with E-state index in [1.54, 1.807) is 35.2 Å². The fraction of sp³-hybridized carbons (Fsp3) is 0.391. The van der Waals surface area contributed by atoms with Gasteiger partial charge in [-0.1, -0.05) is 18.6 Å². The Bertz CT molecular complexity index is 910. The molecule has 0 saturated carbocycles. The summed E-state index contributed by atoms with van der Waals surface area (Å²) < 4.78 is 18.6. The van der Waals surface area contributed by atoms with Crippen LogP contribution in [0.5, 0.6) is 5.75 Å². The molecule has 0 aromatic heterocycles. The van der Waals surface area contributed by atoms with Crippen LogP contribution < -0.4 is 15.0 Å². The van der Waals surface area contributed by atoms with Gasteiger partial charge in [0, 0.05) is 18.8 Å². The normalized spacial score (nSPS) is 16.7. The molecule has 0 atom stereocenters. The number of carbonyl (C=O) groups excluding carboxylic acids is 2. The van der Waals surface area contributed by atoms with Gasteiger partial charge in [0.25, 0.3) is 5.91 Å². The van der Waals surface area contributed by atoms with Crippen LogP contribution in [0.4, 0.5) is 15.8 Å². The van der Waals surface area contributed by atoms with E-state index in [1.165, 1.54) is 31.4 Å². The number of hydrogen-bond acceptors (Lipinski definition) is 4. The molecule has 2 aromatic carbocycles. The van der Waals surface area contributed by atoms with Crippen LogP contribution in [0.3, 0.4) is 0 Å². The number of nitrogens with zero attached hydrogens (tertiary/aromatic N) is 2. The molecule has 2 aliphatic rings. The van der Waals surface area contributed by atoms with Crippen molar-refractivity contribution in [1.82, 2.24) is 4.90 Å². The Hall–Kier alpha value is -2.93. The molecule has 2 aromatic rings. The molecular formula is C23H26FN3O3. The molecule has 0 radical (unpaired) electrons. The first kappa shape index (κ1) is 20.3. The van der Waals surface area contributed by atoms with Gasteiger partial charge >= 0.3 is 0 Å². The van der Waals surface area contributed by atoms with Crippen LogP contribution in [0, 0.1) is 5.82 Å². The SMILES string of the molecule is O=C(Cc1ccc(F)cc1)Nc1ccc2c(c1)N(CCN1CCCCC1)C(=O)CO2. The minimum Gasteiger partial charge on any atom is -0.482 e. The molecule has 2 amide bonds. The highest BCUT2D eigenvalue weighted by Crippen LogP contribution is 2.34. The number of benzene rings is 2. The number of anilines is 2. The van der Waals surface area contributed by atoms with E-state index < -0.39 is 0 Å². The topological polar surface area (TPSA) is 61.9 Å². The molecule has 0 bridgehead atoms. The number of carbonyl (C=O) groups is 2. The fourth-order valence-electron chi connectivity index (χ4n) is 3.94. The van der Waals surface area contributed by atoms with Gasteiger partial charge in [0.1, 0.15) is 11.6 Å². The van der Waals surface area contributed by atoms with Gasteiger partial charge in [-0.25, -0.2) is 4.39 Å². The summed E-state index contributed by atoms with van der Waals surface area (Å²) in [7, 11) is 0. The highest BCUT2D eigenvalue weighted by atomic mass is 19.1. The first-order valence-corrected chi connectivity index (χ1v) is 10.4. The standard InChI is InChI=1S/C23H26FN3O3/c24-18-6-4-17(5-7-18)14-22(28)25-19-8-9-21-20(15-19)27(23(29)16-30-21)13-12-26-10-2-1-3-11-26/h4-9,15H,1-3,10-14,16H2,(H,25,28). The Balaban J connectivity index is 1.43. The number of fused-ring (bicyclic) bond motifs is 1. The van der Waals surface area contributed by atoms with Gasteiger partial charge in [-0.15, -0.1) is 0 Å². The zero-order chi connectivity index (χ0) is 20.9. The molecule has 2 aliphatic heterocycles. The van der Waals surface area contributed by atoms with E-state index in [-0.39, 0.29) is 30.7 Å². The number of halogens is 1. The number of nitrogens with one attached hydrogen (secondary N) is 1. The van der Waals surface area contributed by atoms with Crippen LogP contribution in [-0.4, -0.2) is 49.5 Å². The maximum absolute atomic E-state index is 13.0. The lowest BCUT2D eigenvalue weighted by atomic mass is 10.1. The van der Waals surface area contributed by atoms with Gasteiger partial charge < -0.3 is 19.9 Å². The summed E-state index contributed by atoms with van der Waals surface area (Å²) in [4.78, 5) is 29.0. The van der Waals surface area contributed by atoms with Gasteiger partial charge in [-0.05, 0) is 61.8 Å². The van der Waals surface area contributed by atoms with Gasteiger partial charge in [0.2, 0.25) is 5.91 Å². The molecule has 158 valence electrons. The Kier molecular flexibility index (Phi) is 6.28. The number of amides is 2. The van der Waals surface area contributed by atoms with Crippen LogP contribution in [0.25, 0.3) is 0 Å². The van der Waals surface area contributed by atoms with Crippen molar-refractivity contribution in [2.75, 3.05) is 43.0 Å². The van der Waals surface area contributed by atoms with E-state index in [0.717, 1.165) is 25.2 Å². The Morgan fingerprint density at radius 2 is 1.80 bits per heavy atom. The van der Waals surface area contributed by atoms with Crippen molar-refractivity contribution in [2.24, 2.45) is 0 Å². The van der Waals surface area contributed by atoms with E-state index in [2.05, 4.69) is 10.2 Å². The zero-order valence-corrected chi connectivity index (χ0v) is 16.9. The third kappa shape index (κ3) is 4.97. The summed E-state index contributed by atoms with van der Waals surface area (Å²) in [5, 5.41) is 2.86. The van der Waals surface area contributed by atoms with E-state index in [9.17, 15) is 14.0 Å². The molecule has 1 N–H and O–H groups in total. The highest BCUT2D eigenvalue weighted by molar-refractivity contribution is 5.99. The lowest BCUT2D eigenvalue weighted by Gasteiger charge is -2.33. The molecular weight excluding hydrogens is 385 g/mol. The van der Waals surface area contributed by atoms with Gasteiger partial charge in [0.05, 0.1) is 12.1 Å². The largest absolute Gasteiger partial charge is 0.482 e. The molecule has 6 nitrogen and oxygen atoms in total. The quantitative estimate of drug-likeness (QED) is 0.793. The Morgan fingerprint density at radius 1 is 1.03 bits per heavy atom. The summed E-state index contributed by atoms with van der Waals surface area (Å²) >= 11 is 0. The lowest BCUT2D eigenvalue weighted by molar-refractivity contribution is -0.121. The minimum atomic E-state index is -0.330. The number of rotatable bonds is 6. The van der Waals surface area contributed by atoms with Crippen LogP contribution in [0.15, 0.2) is 42.5 Å². The minimum absolute atomic E-state index is 0.0310. The maximum Gasteiger partial charge on any atom is 0.265 e. The van der Waals surface area contributed by atoms with Crippen molar-refractivity contribution in [2.45, 2.75) is 25.7 Å². The van der Waals surface area contributed by atoms with E-state index in [1.807, 2.05) is 0 Å². The Morgan fingerprint density at radius 3 is 2.57 bits per heavy atom. The second-order valence-electron chi connectivity index (χ2n) is 7.77. The van der Waals surface area contributed by atoms with Crippen molar-refractivity contribution in [3.8, 4) is 5.75 Å². The van der Waals surface area contributed by atoms with Crippen molar-refractivity contribution in [1.29, 1.82) is 0 Å². The third-order valence-electron chi connectivity index (χ3n) is 5.55. The Labute approximate surface area is 175 Å². The van der Waals surface area contributed by atoms with Crippen LogP contribution in [-0.2, 0) is 16.0 Å². The molecule has 30 heavy (non-hydrogen) atoms. The fourth-order valence-corrected chi connectivity index (χ4v) is 3.94. The van der Waals surface area contributed by atoms with E-state index in [0.29, 0.717) is 23.7 Å². The number of piperidine rings is 1. The molecule has 2 heterocycles. The van der Waals surface area contributed by atoms with Crippen molar-refractivity contribution < 1.29 is 18.7 Å². The predicted molar refractivity (Wildman–Crippen MR) is 113 cm³/mol. The number of ether oxygens (including phenoxy) is 1. The van der Waals surface area contributed by atoms with Crippen LogP contribution in [0.2, 0.25) is 0 Å². The molecule has 0 spiro atoms. The summed E-state index contributed by atoms with van der Waals surface area (Å²) in [6, 6.07) is 11.2. The molecule has 1 fully saturated rings. The lowest BCUT2D eigenvalue weighted by Crippen LogP contribution is -2.44. The molecule has 4 rings (SSSR count). The van der Waals surface area contributed by atoms with Crippen LogP contribution in [0.1, 0.15) is 24.8 Å². The van der Waals surface area contributed by atoms with Crippen molar-refractivity contribution >= 4 is 23.2 Å². The summed E-state index contributed by atoms with van der Waals surface area (Å²) in [6.45, 7) is 3.60.